The molecule has 0 unspecified atom stereocenters. The Morgan fingerprint density at radius 2 is 2.04 bits per heavy atom. The number of amides is 1. The number of nitriles is 1. The van der Waals surface area contributed by atoms with Gasteiger partial charge >= 0.3 is 6.18 Å². The van der Waals surface area contributed by atoms with Crippen molar-refractivity contribution in [2.45, 2.75) is 18.5 Å². The van der Waals surface area contributed by atoms with E-state index in [9.17, 15) is 18.0 Å². The van der Waals surface area contributed by atoms with Crippen molar-refractivity contribution in [3.8, 4) is 6.07 Å². The summed E-state index contributed by atoms with van der Waals surface area (Å²) in [4.78, 5) is 12.2. The van der Waals surface area contributed by atoms with Crippen LogP contribution >= 0.6 is 11.3 Å². The number of hydrogen-bond acceptors (Lipinski definition) is 3. The predicted octanol–water partition coefficient (Wildman–Crippen LogP) is 4.38. The Kier molecular flexibility index (Phi) is 3.86. The number of rotatable bonds is 3. The molecule has 1 heterocycles. The molecule has 1 aliphatic rings. The highest BCUT2D eigenvalue weighted by molar-refractivity contribution is 7.14. The lowest BCUT2D eigenvalue weighted by molar-refractivity contribution is -0.138. The number of thiophene rings is 1. The van der Waals surface area contributed by atoms with E-state index in [4.69, 9.17) is 5.26 Å². The van der Waals surface area contributed by atoms with Crippen LogP contribution in [0.1, 0.15) is 29.0 Å². The minimum Gasteiger partial charge on any atom is -0.316 e. The summed E-state index contributed by atoms with van der Waals surface area (Å²) in [6.45, 7) is 0. The molecule has 3 nitrogen and oxygen atoms in total. The summed E-state index contributed by atoms with van der Waals surface area (Å²) in [5.74, 6) is -1.27. The number of carbonyl (C=O) groups excluding carboxylic acids is 1. The SMILES string of the molecule is N#Cc1ccsc1NC(=O)[C@@H]1C[C@@H]1c1ccccc1C(F)(F)F. The van der Waals surface area contributed by atoms with E-state index in [1.165, 1.54) is 23.5 Å². The summed E-state index contributed by atoms with van der Waals surface area (Å²) in [5.41, 5.74) is -0.169. The minimum atomic E-state index is -4.43. The van der Waals surface area contributed by atoms with Gasteiger partial charge in [0.25, 0.3) is 0 Å². The molecular weight excluding hydrogens is 325 g/mol. The quantitative estimate of drug-likeness (QED) is 0.904. The molecule has 1 saturated carbocycles. The molecule has 1 aromatic heterocycles. The average molecular weight is 336 g/mol. The van der Waals surface area contributed by atoms with E-state index in [2.05, 4.69) is 5.32 Å². The molecule has 0 spiro atoms. The highest BCUT2D eigenvalue weighted by atomic mass is 32.1. The van der Waals surface area contributed by atoms with Gasteiger partial charge in [-0.25, -0.2) is 0 Å². The van der Waals surface area contributed by atoms with Gasteiger partial charge in [-0.15, -0.1) is 11.3 Å². The molecule has 118 valence electrons. The molecule has 1 fully saturated rings. The van der Waals surface area contributed by atoms with Crippen molar-refractivity contribution in [2.24, 2.45) is 5.92 Å². The molecule has 0 aliphatic heterocycles. The number of nitrogens with zero attached hydrogens (tertiary/aromatic N) is 1. The number of nitrogens with one attached hydrogen (secondary N) is 1. The molecule has 1 amide bonds. The molecule has 2 atom stereocenters. The van der Waals surface area contributed by atoms with Crippen LogP contribution < -0.4 is 5.32 Å². The fourth-order valence-electron chi connectivity index (χ4n) is 2.61. The molecule has 1 aliphatic carbocycles. The molecular formula is C16H11F3N2OS. The van der Waals surface area contributed by atoms with E-state index in [1.807, 2.05) is 6.07 Å². The molecule has 0 saturated heterocycles. The zero-order valence-corrected chi connectivity index (χ0v) is 12.5. The van der Waals surface area contributed by atoms with E-state index in [1.54, 1.807) is 17.5 Å². The van der Waals surface area contributed by atoms with E-state index in [0.29, 0.717) is 17.0 Å². The van der Waals surface area contributed by atoms with Gasteiger partial charge < -0.3 is 5.32 Å². The van der Waals surface area contributed by atoms with Crippen LogP contribution in [0.3, 0.4) is 0 Å². The van der Waals surface area contributed by atoms with Gasteiger partial charge in [0, 0.05) is 5.92 Å². The van der Waals surface area contributed by atoms with E-state index in [0.717, 1.165) is 6.07 Å². The van der Waals surface area contributed by atoms with Crippen LogP contribution in [-0.2, 0) is 11.0 Å². The Bertz CT molecular complexity index is 791. The largest absolute Gasteiger partial charge is 0.416 e. The van der Waals surface area contributed by atoms with E-state index >= 15 is 0 Å². The molecule has 3 rings (SSSR count). The van der Waals surface area contributed by atoms with Crippen molar-refractivity contribution >= 4 is 22.2 Å². The maximum absolute atomic E-state index is 13.0. The molecule has 1 aromatic carbocycles. The predicted molar refractivity (Wildman–Crippen MR) is 80.0 cm³/mol. The summed E-state index contributed by atoms with van der Waals surface area (Å²) >= 11 is 1.22. The Morgan fingerprint density at radius 1 is 1.30 bits per heavy atom. The Hall–Kier alpha value is -2.33. The fraction of sp³-hybridized carbons (Fsp3) is 0.250. The zero-order valence-electron chi connectivity index (χ0n) is 11.7. The number of carbonyl (C=O) groups is 1. The van der Waals surface area contributed by atoms with Crippen molar-refractivity contribution in [1.29, 1.82) is 5.26 Å². The lowest BCUT2D eigenvalue weighted by atomic mass is 10.0. The third kappa shape index (κ3) is 3.08. The van der Waals surface area contributed by atoms with Crippen molar-refractivity contribution in [2.75, 3.05) is 5.32 Å². The van der Waals surface area contributed by atoms with Gasteiger partial charge in [-0.05, 0) is 35.4 Å². The van der Waals surface area contributed by atoms with Crippen LogP contribution in [0.2, 0.25) is 0 Å². The van der Waals surface area contributed by atoms with Crippen molar-refractivity contribution in [3.63, 3.8) is 0 Å². The summed E-state index contributed by atoms with van der Waals surface area (Å²) < 4.78 is 39.1. The summed E-state index contributed by atoms with van der Waals surface area (Å²) in [7, 11) is 0. The number of alkyl halides is 3. The van der Waals surface area contributed by atoms with Gasteiger partial charge in [-0.1, -0.05) is 18.2 Å². The lowest BCUT2D eigenvalue weighted by Crippen LogP contribution is -2.15. The molecule has 7 heteroatoms. The lowest BCUT2D eigenvalue weighted by Gasteiger charge is -2.12. The molecule has 1 N–H and O–H groups in total. The Labute approximate surface area is 134 Å². The second-order valence-corrected chi connectivity index (χ2v) is 6.21. The summed E-state index contributed by atoms with van der Waals surface area (Å²) in [5, 5.41) is 13.7. The Balaban J connectivity index is 1.75. The van der Waals surface area contributed by atoms with E-state index < -0.39 is 23.6 Å². The maximum Gasteiger partial charge on any atom is 0.416 e. The third-order valence-corrected chi connectivity index (χ3v) is 4.65. The van der Waals surface area contributed by atoms with Gasteiger partial charge in [0.1, 0.15) is 11.1 Å². The van der Waals surface area contributed by atoms with Gasteiger partial charge in [0.2, 0.25) is 5.91 Å². The van der Waals surface area contributed by atoms with Gasteiger partial charge in [-0.3, -0.25) is 4.79 Å². The molecule has 0 radical (unpaired) electrons. The first-order valence-corrected chi connectivity index (χ1v) is 7.74. The second kappa shape index (κ2) is 5.70. The zero-order chi connectivity index (χ0) is 16.6. The summed E-state index contributed by atoms with van der Waals surface area (Å²) in [6, 6.07) is 8.90. The number of anilines is 1. The smallest absolute Gasteiger partial charge is 0.316 e. The topological polar surface area (TPSA) is 52.9 Å². The monoisotopic (exact) mass is 336 g/mol. The fourth-order valence-corrected chi connectivity index (χ4v) is 3.35. The van der Waals surface area contributed by atoms with Crippen molar-refractivity contribution < 1.29 is 18.0 Å². The van der Waals surface area contributed by atoms with Crippen LogP contribution in [0.5, 0.6) is 0 Å². The standard InChI is InChI=1S/C16H11F3N2OS/c17-16(18,19)13-4-2-1-3-10(13)11-7-12(11)14(22)21-15-9(8-20)5-6-23-15/h1-6,11-12H,7H2,(H,21,22)/t11-,12-/m1/s1. The maximum atomic E-state index is 13.0. The molecule has 2 aromatic rings. The number of benzene rings is 1. The van der Waals surface area contributed by atoms with Crippen LogP contribution in [0.25, 0.3) is 0 Å². The van der Waals surface area contributed by atoms with Crippen molar-refractivity contribution in [3.05, 3.63) is 52.4 Å². The van der Waals surface area contributed by atoms with Crippen LogP contribution in [0.15, 0.2) is 35.7 Å². The first-order chi connectivity index (χ1) is 10.9. The van der Waals surface area contributed by atoms with Gasteiger partial charge in [0.15, 0.2) is 0 Å². The Morgan fingerprint density at radius 3 is 2.74 bits per heavy atom. The normalized spacial score (nSPS) is 19.9. The first kappa shape index (κ1) is 15.6. The third-order valence-electron chi connectivity index (χ3n) is 3.82. The van der Waals surface area contributed by atoms with Crippen molar-refractivity contribution in [1.82, 2.24) is 0 Å². The number of hydrogen-bond donors (Lipinski definition) is 1. The molecule has 23 heavy (non-hydrogen) atoms. The first-order valence-electron chi connectivity index (χ1n) is 6.86. The van der Waals surface area contributed by atoms with Crippen LogP contribution in [-0.4, -0.2) is 5.91 Å². The minimum absolute atomic E-state index is 0.159. The summed E-state index contributed by atoms with van der Waals surface area (Å²) in [6.07, 6.45) is -4.05. The van der Waals surface area contributed by atoms with Gasteiger partial charge in [0.05, 0.1) is 11.1 Å². The van der Waals surface area contributed by atoms with E-state index in [-0.39, 0.29) is 11.5 Å². The molecule has 0 bridgehead atoms. The van der Waals surface area contributed by atoms with Crippen LogP contribution in [0.4, 0.5) is 18.2 Å². The average Bonchev–Trinajstić information content (AvgIpc) is 3.20. The second-order valence-electron chi connectivity index (χ2n) is 5.30. The highest BCUT2D eigenvalue weighted by Crippen LogP contribution is 2.51. The highest BCUT2D eigenvalue weighted by Gasteiger charge is 2.47. The van der Waals surface area contributed by atoms with Gasteiger partial charge in [-0.2, -0.15) is 18.4 Å². The van der Waals surface area contributed by atoms with Crippen LogP contribution in [0, 0.1) is 17.2 Å². The number of halogens is 3.